The highest BCUT2D eigenvalue weighted by molar-refractivity contribution is 7.89. The molecule has 0 bridgehead atoms. The topological polar surface area (TPSA) is 125 Å². The van der Waals surface area contributed by atoms with Crippen LogP contribution in [-0.4, -0.2) is 32.5 Å². The quantitative estimate of drug-likeness (QED) is 0.678. The van der Waals surface area contributed by atoms with Gasteiger partial charge in [-0.25, -0.2) is 18.4 Å². The molecule has 2 atom stereocenters. The van der Waals surface area contributed by atoms with Crippen LogP contribution in [0.1, 0.15) is 19.4 Å². The highest BCUT2D eigenvalue weighted by atomic mass is 32.2. The number of rotatable bonds is 7. The summed E-state index contributed by atoms with van der Waals surface area (Å²) in [6.45, 7) is 4.85. The first kappa shape index (κ1) is 21.4. The van der Waals surface area contributed by atoms with Crippen molar-refractivity contribution in [1.29, 1.82) is 0 Å². The Labute approximate surface area is 163 Å². The first-order chi connectivity index (χ1) is 13.1. The number of esters is 1. The monoisotopic (exact) mass is 406 g/mol. The van der Waals surface area contributed by atoms with Gasteiger partial charge in [0, 0.05) is 5.69 Å². The highest BCUT2D eigenvalue weighted by Gasteiger charge is 2.23. The molecular formula is C19H22N2O6S. The Morgan fingerprint density at radius 3 is 2.25 bits per heavy atom. The Balaban J connectivity index is 1.91. The number of primary sulfonamides is 1. The number of hydrogen-bond donors (Lipinski definition) is 2. The zero-order valence-electron chi connectivity index (χ0n) is 15.7. The second-order valence-electron chi connectivity index (χ2n) is 6.21. The van der Waals surface area contributed by atoms with Crippen molar-refractivity contribution in [3.63, 3.8) is 0 Å². The van der Waals surface area contributed by atoms with Crippen LogP contribution in [0.2, 0.25) is 0 Å². The molecule has 0 unspecified atom stereocenters. The average molecular weight is 406 g/mol. The number of aryl methyl sites for hydroxylation is 1. The molecular weight excluding hydrogens is 384 g/mol. The summed E-state index contributed by atoms with van der Waals surface area (Å²) in [5.41, 5.74) is 1.32. The van der Waals surface area contributed by atoms with Crippen molar-refractivity contribution in [3.05, 3.63) is 54.1 Å². The van der Waals surface area contributed by atoms with Gasteiger partial charge in [0.2, 0.25) is 10.0 Å². The minimum absolute atomic E-state index is 0.0768. The van der Waals surface area contributed by atoms with Gasteiger partial charge in [-0.05, 0) is 62.7 Å². The maximum atomic E-state index is 12.2. The second kappa shape index (κ2) is 8.85. The van der Waals surface area contributed by atoms with Gasteiger partial charge in [-0.2, -0.15) is 0 Å². The molecule has 28 heavy (non-hydrogen) atoms. The summed E-state index contributed by atoms with van der Waals surface area (Å²) < 4.78 is 33.1. The number of carbonyl (C=O) groups is 2. The summed E-state index contributed by atoms with van der Waals surface area (Å²) >= 11 is 0. The maximum Gasteiger partial charge on any atom is 0.347 e. The molecule has 0 aliphatic rings. The standard InChI is InChI=1S/C19H22N2O6S/c1-12-5-4-6-16(11-12)26-14(3)19(23)27-13(2)18(22)21-15-7-9-17(10-8-15)28(20,24)25/h4-11,13-14H,1-3H3,(H,21,22)(H2,20,24,25)/t13-,14-/m0/s1. The van der Waals surface area contributed by atoms with E-state index in [9.17, 15) is 18.0 Å². The van der Waals surface area contributed by atoms with Gasteiger partial charge in [0.1, 0.15) is 5.75 Å². The molecule has 0 aliphatic heterocycles. The predicted molar refractivity (Wildman–Crippen MR) is 103 cm³/mol. The van der Waals surface area contributed by atoms with Crippen LogP contribution in [0, 0.1) is 6.92 Å². The van der Waals surface area contributed by atoms with E-state index in [0.29, 0.717) is 11.4 Å². The third kappa shape index (κ3) is 6.07. The summed E-state index contributed by atoms with van der Waals surface area (Å²) in [5, 5.41) is 7.55. The molecule has 8 nitrogen and oxygen atoms in total. The normalized spacial score (nSPS) is 13.3. The smallest absolute Gasteiger partial charge is 0.347 e. The van der Waals surface area contributed by atoms with Crippen molar-refractivity contribution in [2.24, 2.45) is 5.14 Å². The number of nitrogens with one attached hydrogen (secondary N) is 1. The lowest BCUT2D eigenvalue weighted by Crippen LogP contribution is -2.35. The van der Waals surface area contributed by atoms with Gasteiger partial charge in [-0.3, -0.25) is 4.79 Å². The van der Waals surface area contributed by atoms with Crippen LogP contribution in [0.15, 0.2) is 53.4 Å². The minimum atomic E-state index is -3.81. The van der Waals surface area contributed by atoms with Gasteiger partial charge < -0.3 is 14.8 Å². The third-order valence-corrected chi connectivity index (χ3v) is 4.68. The van der Waals surface area contributed by atoms with E-state index in [-0.39, 0.29) is 4.90 Å². The summed E-state index contributed by atoms with van der Waals surface area (Å²) in [5.74, 6) is -0.732. The maximum absolute atomic E-state index is 12.2. The van der Waals surface area contributed by atoms with Crippen LogP contribution in [0.4, 0.5) is 5.69 Å². The number of anilines is 1. The van der Waals surface area contributed by atoms with E-state index >= 15 is 0 Å². The van der Waals surface area contributed by atoms with E-state index in [1.165, 1.54) is 38.1 Å². The molecule has 9 heteroatoms. The molecule has 0 saturated carbocycles. The number of ether oxygens (including phenoxy) is 2. The van der Waals surface area contributed by atoms with Gasteiger partial charge in [0.15, 0.2) is 12.2 Å². The van der Waals surface area contributed by atoms with Crippen LogP contribution in [0.3, 0.4) is 0 Å². The first-order valence-corrected chi connectivity index (χ1v) is 9.98. The van der Waals surface area contributed by atoms with Crippen molar-refractivity contribution in [2.45, 2.75) is 37.9 Å². The largest absolute Gasteiger partial charge is 0.479 e. The SMILES string of the molecule is Cc1cccc(O[C@@H](C)C(=O)O[C@@H](C)C(=O)Nc2ccc(S(N)(=O)=O)cc2)c1. The number of amides is 1. The Morgan fingerprint density at radius 2 is 1.68 bits per heavy atom. The highest BCUT2D eigenvalue weighted by Crippen LogP contribution is 2.16. The van der Waals surface area contributed by atoms with Crippen LogP contribution in [0.25, 0.3) is 0 Å². The molecule has 0 saturated heterocycles. The third-order valence-electron chi connectivity index (χ3n) is 3.75. The van der Waals surface area contributed by atoms with E-state index in [4.69, 9.17) is 14.6 Å². The first-order valence-electron chi connectivity index (χ1n) is 8.44. The van der Waals surface area contributed by atoms with Gasteiger partial charge in [0.05, 0.1) is 4.90 Å². The van der Waals surface area contributed by atoms with Gasteiger partial charge in [-0.1, -0.05) is 12.1 Å². The summed E-state index contributed by atoms with van der Waals surface area (Å²) in [4.78, 5) is 24.3. The zero-order chi connectivity index (χ0) is 20.9. The lowest BCUT2D eigenvalue weighted by Gasteiger charge is -2.18. The number of sulfonamides is 1. The van der Waals surface area contributed by atoms with Crippen LogP contribution in [0.5, 0.6) is 5.75 Å². The molecule has 3 N–H and O–H groups in total. The molecule has 0 heterocycles. The van der Waals surface area contributed by atoms with Gasteiger partial charge in [-0.15, -0.1) is 0 Å². The molecule has 0 aliphatic carbocycles. The fraction of sp³-hybridized carbons (Fsp3) is 0.263. The average Bonchev–Trinajstić information content (AvgIpc) is 2.61. The van der Waals surface area contributed by atoms with Crippen molar-refractivity contribution < 1.29 is 27.5 Å². The molecule has 0 fully saturated rings. The van der Waals surface area contributed by atoms with E-state index in [2.05, 4.69) is 5.32 Å². The Hall–Kier alpha value is -2.91. The molecule has 1 amide bonds. The van der Waals surface area contributed by atoms with Crippen molar-refractivity contribution in [2.75, 3.05) is 5.32 Å². The molecule has 2 aromatic rings. The molecule has 2 rings (SSSR count). The van der Waals surface area contributed by atoms with Crippen molar-refractivity contribution >= 4 is 27.6 Å². The molecule has 2 aromatic carbocycles. The Morgan fingerprint density at radius 1 is 1.04 bits per heavy atom. The second-order valence-corrected chi connectivity index (χ2v) is 7.78. The van der Waals surface area contributed by atoms with Crippen LogP contribution in [-0.2, 0) is 24.3 Å². The fourth-order valence-corrected chi connectivity index (χ4v) is 2.75. The van der Waals surface area contributed by atoms with E-state index < -0.39 is 34.1 Å². The van der Waals surface area contributed by atoms with Gasteiger partial charge in [0.25, 0.3) is 5.91 Å². The fourth-order valence-electron chi connectivity index (χ4n) is 2.24. The molecule has 0 aromatic heterocycles. The predicted octanol–water partition coefficient (Wildman–Crippen LogP) is 1.98. The minimum Gasteiger partial charge on any atom is -0.479 e. The lowest BCUT2D eigenvalue weighted by molar-refractivity contribution is -0.159. The molecule has 0 spiro atoms. The van der Waals surface area contributed by atoms with E-state index in [0.717, 1.165) is 5.56 Å². The summed E-state index contributed by atoms with van der Waals surface area (Å²) in [6.07, 6.45) is -1.97. The summed E-state index contributed by atoms with van der Waals surface area (Å²) in [6, 6.07) is 12.5. The number of hydrogen-bond acceptors (Lipinski definition) is 6. The van der Waals surface area contributed by atoms with Crippen LogP contribution < -0.4 is 15.2 Å². The Kier molecular flexibility index (Phi) is 6.76. The summed E-state index contributed by atoms with van der Waals surface area (Å²) in [7, 11) is -3.81. The zero-order valence-corrected chi connectivity index (χ0v) is 16.5. The van der Waals surface area contributed by atoms with Crippen molar-refractivity contribution in [3.8, 4) is 5.75 Å². The van der Waals surface area contributed by atoms with Crippen molar-refractivity contribution in [1.82, 2.24) is 0 Å². The van der Waals surface area contributed by atoms with Crippen LogP contribution >= 0.6 is 0 Å². The number of nitrogens with two attached hydrogens (primary N) is 1. The van der Waals surface area contributed by atoms with Gasteiger partial charge >= 0.3 is 5.97 Å². The molecule has 0 radical (unpaired) electrons. The Bertz CT molecular complexity index is 957. The molecule has 150 valence electrons. The van der Waals surface area contributed by atoms with E-state index in [1.54, 1.807) is 18.2 Å². The number of carbonyl (C=O) groups excluding carboxylic acids is 2. The number of benzene rings is 2. The lowest BCUT2D eigenvalue weighted by atomic mass is 10.2. The van der Waals surface area contributed by atoms with E-state index in [1.807, 2.05) is 13.0 Å².